The van der Waals surface area contributed by atoms with Crippen LogP contribution in [0.2, 0.25) is 0 Å². The summed E-state index contributed by atoms with van der Waals surface area (Å²) >= 11 is 0. The molecule has 0 amide bonds. The van der Waals surface area contributed by atoms with Crippen LogP contribution in [-0.4, -0.2) is 22.8 Å². The molecule has 25 heavy (non-hydrogen) atoms. The molecule has 3 N–H and O–H groups in total. The predicted molar refractivity (Wildman–Crippen MR) is 91.7 cm³/mol. The first-order chi connectivity index (χ1) is 12.0. The molecule has 1 aliphatic heterocycles. The molecule has 0 saturated carbocycles. The van der Waals surface area contributed by atoms with Gasteiger partial charge in [0.05, 0.1) is 5.56 Å². The fraction of sp³-hybridized carbons (Fsp3) is 0.222. The Hall–Kier alpha value is -2.96. The molecule has 1 aliphatic rings. The van der Waals surface area contributed by atoms with Gasteiger partial charge in [0.25, 0.3) is 0 Å². The number of hydrogen-bond acceptors (Lipinski definition) is 5. The summed E-state index contributed by atoms with van der Waals surface area (Å²) in [6.45, 7) is 2.21. The molecule has 0 spiro atoms. The number of dihydropyridines is 1. The van der Waals surface area contributed by atoms with Crippen molar-refractivity contribution in [3.8, 4) is 11.5 Å². The van der Waals surface area contributed by atoms with Crippen LogP contribution in [0.15, 0.2) is 35.5 Å². The minimum absolute atomic E-state index is 0.102. The van der Waals surface area contributed by atoms with E-state index in [1.807, 2.05) is 6.08 Å². The van der Waals surface area contributed by atoms with Crippen molar-refractivity contribution in [3.05, 3.63) is 53.2 Å². The Balaban J connectivity index is 1.91. The zero-order valence-corrected chi connectivity index (χ0v) is 13.5. The van der Waals surface area contributed by atoms with Crippen LogP contribution >= 0.6 is 0 Å². The summed E-state index contributed by atoms with van der Waals surface area (Å²) in [6.07, 6.45) is 5.15. The van der Waals surface area contributed by atoms with E-state index in [1.54, 1.807) is 18.5 Å². The zero-order chi connectivity index (χ0) is 18.0. The Morgan fingerprint density at radius 2 is 2.12 bits per heavy atom. The first kappa shape index (κ1) is 16.9. The Morgan fingerprint density at radius 3 is 2.84 bits per heavy atom. The second-order valence-corrected chi connectivity index (χ2v) is 5.65. The van der Waals surface area contributed by atoms with Crippen molar-refractivity contribution in [3.63, 3.8) is 0 Å². The summed E-state index contributed by atoms with van der Waals surface area (Å²) in [5, 5.41) is 9.45. The van der Waals surface area contributed by atoms with Crippen molar-refractivity contribution in [2.24, 2.45) is 4.99 Å². The Morgan fingerprint density at radius 1 is 1.32 bits per heavy atom. The number of nitrogens with zero attached hydrogens (tertiary/aromatic N) is 2. The molecule has 130 valence electrons. The quantitative estimate of drug-likeness (QED) is 0.886. The number of allylic oxidation sites excluding steroid dienone is 1. The second-order valence-electron chi connectivity index (χ2n) is 5.65. The summed E-state index contributed by atoms with van der Waals surface area (Å²) in [4.78, 5) is 8.29. The van der Waals surface area contributed by atoms with Gasteiger partial charge in [0.2, 0.25) is 0 Å². The smallest absolute Gasteiger partial charge is 0.174 e. The largest absolute Gasteiger partial charge is 0.505 e. The molecule has 2 heterocycles. The lowest BCUT2D eigenvalue weighted by atomic mass is 10.1. The number of ether oxygens (including phenoxy) is 1. The molecule has 0 fully saturated rings. The van der Waals surface area contributed by atoms with Gasteiger partial charge in [-0.3, -0.25) is 4.99 Å². The van der Waals surface area contributed by atoms with Crippen molar-refractivity contribution in [2.75, 3.05) is 12.3 Å². The highest BCUT2D eigenvalue weighted by molar-refractivity contribution is 6.10. The molecule has 0 saturated heterocycles. The Labute approximate surface area is 143 Å². The topological polar surface area (TPSA) is 80.7 Å². The number of nitrogens with two attached hydrogens (primary N) is 1. The number of phenolic OH excluding ortho intramolecular Hbond substituents is 1. The van der Waals surface area contributed by atoms with Gasteiger partial charge in [-0.05, 0) is 37.1 Å². The van der Waals surface area contributed by atoms with Crippen LogP contribution in [-0.2, 0) is 0 Å². The average molecular weight is 345 g/mol. The Bertz CT molecular complexity index is 866. The minimum Gasteiger partial charge on any atom is -0.505 e. The highest BCUT2D eigenvalue weighted by atomic mass is 19.1. The van der Waals surface area contributed by atoms with Gasteiger partial charge in [0.15, 0.2) is 23.1 Å². The SMILES string of the molecule is CC(Oc1cc(C2=CCCN=C2)cnc1N)c1c(F)ccc(O)c1F. The molecule has 0 radical (unpaired) electrons. The molecule has 1 atom stereocenters. The van der Waals surface area contributed by atoms with Crippen LogP contribution < -0.4 is 10.5 Å². The number of aromatic hydroxyl groups is 1. The third-order valence-corrected chi connectivity index (χ3v) is 3.88. The number of halogens is 2. The molecule has 3 rings (SSSR count). The van der Waals surface area contributed by atoms with Gasteiger partial charge in [-0.1, -0.05) is 6.08 Å². The van der Waals surface area contributed by atoms with E-state index >= 15 is 0 Å². The van der Waals surface area contributed by atoms with Crippen LogP contribution in [0.4, 0.5) is 14.6 Å². The first-order valence-electron chi connectivity index (χ1n) is 7.76. The number of aliphatic imine (C=N–C) groups is 1. The maximum Gasteiger partial charge on any atom is 0.174 e. The summed E-state index contributed by atoms with van der Waals surface area (Å²) in [6, 6.07) is 3.59. The van der Waals surface area contributed by atoms with Crippen molar-refractivity contribution in [1.29, 1.82) is 0 Å². The van der Waals surface area contributed by atoms with Crippen LogP contribution in [0, 0.1) is 11.6 Å². The molecule has 1 unspecified atom stereocenters. The number of aromatic nitrogens is 1. The maximum absolute atomic E-state index is 14.0. The third kappa shape index (κ3) is 3.45. The van der Waals surface area contributed by atoms with E-state index in [2.05, 4.69) is 9.98 Å². The summed E-state index contributed by atoms with van der Waals surface area (Å²) in [5.74, 6) is -2.21. The normalized spacial score (nSPS) is 14.9. The first-order valence-corrected chi connectivity index (χ1v) is 7.76. The molecular weight excluding hydrogens is 328 g/mol. The van der Waals surface area contributed by atoms with E-state index < -0.39 is 23.5 Å². The summed E-state index contributed by atoms with van der Waals surface area (Å²) in [5.41, 5.74) is 7.08. The number of hydrogen-bond donors (Lipinski definition) is 2. The fourth-order valence-electron chi connectivity index (χ4n) is 2.59. The van der Waals surface area contributed by atoms with Crippen molar-refractivity contribution in [2.45, 2.75) is 19.4 Å². The molecule has 0 aliphatic carbocycles. The van der Waals surface area contributed by atoms with Gasteiger partial charge in [0, 0.05) is 24.5 Å². The van der Waals surface area contributed by atoms with Crippen LogP contribution in [0.3, 0.4) is 0 Å². The molecule has 0 bridgehead atoms. The number of phenols is 1. The molecule has 2 aromatic rings. The lowest BCUT2D eigenvalue weighted by Gasteiger charge is -2.18. The third-order valence-electron chi connectivity index (χ3n) is 3.88. The van der Waals surface area contributed by atoms with Gasteiger partial charge in [-0.15, -0.1) is 0 Å². The molecule has 1 aromatic carbocycles. The summed E-state index contributed by atoms with van der Waals surface area (Å²) < 4.78 is 33.6. The highest BCUT2D eigenvalue weighted by Gasteiger charge is 2.22. The number of benzene rings is 1. The molecular formula is C18H17F2N3O2. The lowest BCUT2D eigenvalue weighted by Crippen LogP contribution is -2.10. The van der Waals surface area contributed by atoms with Gasteiger partial charge in [-0.25, -0.2) is 13.8 Å². The average Bonchev–Trinajstić information content (AvgIpc) is 2.61. The van der Waals surface area contributed by atoms with Gasteiger partial charge >= 0.3 is 0 Å². The highest BCUT2D eigenvalue weighted by Crippen LogP contribution is 2.33. The van der Waals surface area contributed by atoms with Crippen molar-refractivity contribution >= 4 is 17.6 Å². The monoisotopic (exact) mass is 345 g/mol. The van der Waals surface area contributed by atoms with E-state index in [-0.39, 0.29) is 17.1 Å². The molecule has 7 heteroatoms. The van der Waals surface area contributed by atoms with Gasteiger partial charge < -0.3 is 15.6 Å². The zero-order valence-electron chi connectivity index (χ0n) is 13.5. The van der Waals surface area contributed by atoms with Crippen LogP contribution in [0.1, 0.15) is 30.6 Å². The number of rotatable bonds is 4. The second kappa shape index (κ2) is 6.88. The van der Waals surface area contributed by atoms with Gasteiger partial charge in [-0.2, -0.15) is 0 Å². The molecule has 1 aromatic heterocycles. The lowest BCUT2D eigenvalue weighted by molar-refractivity contribution is 0.214. The van der Waals surface area contributed by atoms with Gasteiger partial charge in [0.1, 0.15) is 11.9 Å². The van der Waals surface area contributed by atoms with E-state index in [1.165, 1.54) is 6.92 Å². The maximum atomic E-state index is 14.0. The van der Waals surface area contributed by atoms with E-state index in [4.69, 9.17) is 10.5 Å². The van der Waals surface area contributed by atoms with Crippen molar-refractivity contribution < 1.29 is 18.6 Å². The number of pyridine rings is 1. The van der Waals surface area contributed by atoms with Crippen LogP contribution in [0.5, 0.6) is 11.5 Å². The minimum atomic E-state index is -1.06. The standard InChI is InChI=1S/C18H17F2N3O2/c1-10(16-13(19)4-5-14(24)17(16)20)25-15-7-12(9-23-18(15)21)11-3-2-6-22-8-11/h3-5,7-10,24H,2,6H2,1H3,(H2,21,23). The van der Waals surface area contributed by atoms with Crippen LogP contribution in [0.25, 0.3) is 5.57 Å². The van der Waals surface area contributed by atoms with E-state index in [9.17, 15) is 13.9 Å². The Kier molecular flexibility index (Phi) is 4.65. The predicted octanol–water partition coefficient (Wildman–Crippen LogP) is 3.65. The van der Waals surface area contributed by atoms with Crippen molar-refractivity contribution in [1.82, 2.24) is 4.98 Å². The fourth-order valence-corrected chi connectivity index (χ4v) is 2.59. The molecule has 5 nitrogen and oxygen atoms in total. The number of anilines is 1. The summed E-state index contributed by atoms with van der Waals surface area (Å²) in [7, 11) is 0. The number of nitrogen functional groups attached to an aromatic ring is 1. The van der Waals surface area contributed by atoms with E-state index in [0.717, 1.165) is 36.2 Å². The van der Waals surface area contributed by atoms with E-state index in [0.29, 0.717) is 0 Å².